The van der Waals surface area contributed by atoms with E-state index in [4.69, 9.17) is 17.0 Å². The summed E-state index contributed by atoms with van der Waals surface area (Å²) in [5.74, 6) is 0. The van der Waals surface area contributed by atoms with Crippen molar-refractivity contribution in [1.29, 1.82) is 5.26 Å². The number of pyridine rings is 1. The van der Waals surface area contributed by atoms with Crippen LogP contribution in [0.15, 0.2) is 41.8 Å². The second-order valence-corrected chi connectivity index (χ2v) is 9.55. The highest BCUT2D eigenvalue weighted by Crippen LogP contribution is 2.45. The summed E-state index contributed by atoms with van der Waals surface area (Å²) in [6.07, 6.45) is -5.41. The molecule has 3 aromatic rings. The van der Waals surface area contributed by atoms with Crippen molar-refractivity contribution < 1.29 is 25.2 Å². The average Bonchev–Trinajstić information content (AvgIpc) is 3.37. The second kappa shape index (κ2) is 8.74. The fourth-order valence-electron chi connectivity index (χ4n) is 4.85. The molecule has 0 amide bonds. The van der Waals surface area contributed by atoms with Gasteiger partial charge in [0, 0.05) is 5.56 Å². The lowest BCUT2D eigenvalue weighted by atomic mass is 9.82. The van der Waals surface area contributed by atoms with Crippen molar-refractivity contribution in [2.24, 2.45) is 0 Å². The molecule has 1 aliphatic heterocycles. The molecule has 1 aromatic carbocycles. The monoisotopic (exact) mass is 482 g/mol. The summed E-state index contributed by atoms with van der Waals surface area (Å²) in [6, 6.07) is 14.0. The molecular formula is C24H22N2O5S2. The van der Waals surface area contributed by atoms with E-state index in [9.17, 15) is 25.7 Å². The zero-order valence-corrected chi connectivity index (χ0v) is 19.1. The number of nitriles is 1. The van der Waals surface area contributed by atoms with Crippen LogP contribution in [0, 0.1) is 16.0 Å². The number of aryl methyl sites for hydroxylation is 1. The first kappa shape index (κ1) is 22.4. The number of aliphatic hydroxyl groups is 4. The number of fused-ring (bicyclic) bond motifs is 3. The van der Waals surface area contributed by atoms with Crippen molar-refractivity contribution in [3.05, 3.63) is 63.1 Å². The van der Waals surface area contributed by atoms with E-state index in [0.717, 1.165) is 33.6 Å². The van der Waals surface area contributed by atoms with Gasteiger partial charge in [-0.2, -0.15) is 5.26 Å². The summed E-state index contributed by atoms with van der Waals surface area (Å²) < 4.78 is 7.62. The topological polar surface area (TPSA) is 119 Å². The molecule has 2 aromatic heterocycles. The van der Waals surface area contributed by atoms with E-state index in [1.165, 1.54) is 11.3 Å². The zero-order chi connectivity index (χ0) is 23.3. The number of benzene rings is 1. The van der Waals surface area contributed by atoms with Gasteiger partial charge in [-0.05, 0) is 41.0 Å². The van der Waals surface area contributed by atoms with Gasteiger partial charge in [-0.3, -0.25) is 0 Å². The number of ether oxygens (including phenoxy) is 1. The standard InChI is InChI=1S/C24H22N2O5S2/c25-10-15-18-13-5-2-1-4-12(13)7-8-14(18)19(17-6-3-9-33-17)26(24(15)32)23-22(30)21(29)20(28)16(11-27)31-23/h1-6,9,16,20-23,27-30H,7-8,11H2/t16-,20+,21+,22+,23-/m0/s1. The number of hydrogen-bond acceptors (Lipinski definition) is 8. The van der Waals surface area contributed by atoms with Crippen LogP contribution in [0.5, 0.6) is 0 Å². The number of rotatable bonds is 3. The Bertz CT molecular complexity index is 1300. The Morgan fingerprint density at radius 1 is 1.09 bits per heavy atom. The van der Waals surface area contributed by atoms with Crippen molar-refractivity contribution in [3.63, 3.8) is 0 Å². The van der Waals surface area contributed by atoms with Crippen LogP contribution in [-0.4, -0.2) is 56.0 Å². The predicted octanol–water partition coefficient (Wildman–Crippen LogP) is 2.56. The summed E-state index contributed by atoms with van der Waals surface area (Å²) in [4.78, 5) is 0.873. The van der Waals surface area contributed by atoms with Crippen LogP contribution in [0.3, 0.4) is 0 Å². The van der Waals surface area contributed by atoms with E-state index in [-0.39, 0.29) is 4.64 Å². The van der Waals surface area contributed by atoms with Gasteiger partial charge in [-0.25, -0.2) is 0 Å². The first-order chi connectivity index (χ1) is 16.0. The summed E-state index contributed by atoms with van der Waals surface area (Å²) in [5, 5.41) is 53.3. The van der Waals surface area contributed by atoms with Crippen LogP contribution in [-0.2, 0) is 17.6 Å². The fraction of sp³-hybridized carbons (Fsp3) is 0.333. The summed E-state index contributed by atoms with van der Waals surface area (Å²) in [7, 11) is 0. The number of aromatic nitrogens is 1. The Balaban J connectivity index is 1.84. The minimum Gasteiger partial charge on any atom is -0.394 e. The predicted molar refractivity (Wildman–Crippen MR) is 125 cm³/mol. The zero-order valence-electron chi connectivity index (χ0n) is 17.5. The smallest absolute Gasteiger partial charge is 0.164 e. The molecule has 33 heavy (non-hydrogen) atoms. The summed E-state index contributed by atoms with van der Waals surface area (Å²) in [6.45, 7) is -0.549. The lowest BCUT2D eigenvalue weighted by Gasteiger charge is -2.42. The molecular weight excluding hydrogens is 460 g/mol. The maximum absolute atomic E-state index is 10.9. The third kappa shape index (κ3) is 3.47. The van der Waals surface area contributed by atoms with E-state index >= 15 is 0 Å². The molecule has 1 fully saturated rings. The Morgan fingerprint density at radius 2 is 1.88 bits per heavy atom. The van der Waals surface area contributed by atoms with Crippen molar-refractivity contribution >= 4 is 23.6 Å². The fourth-order valence-corrected chi connectivity index (χ4v) is 5.99. The molecule has 0 spiro atoms. The summed E-state index contributed by atoms with van der Waals surface area (Å²) in [5.41, 5.74) is 4.80. The lowest BCUT2D eigenvalue weighted by molar-refractivity contribution is -0.251. The van der Waals surface area contributed by atoms with Crippen LogP contribution >= 0.6 is 23.6 Å². The largest absolute Gasteiger partial charge is 0.394 e. The number of thiophene rings is 1. The molecule has 0 radical (unpaired) electrons. The van der Waals surface area contributed by atoms with Crippen LogP contribution in [0.4, 0.5) is 0 Å². The second-order valence-electron chi connectivity index (χ2n) is 8.22. The van der Waals surface area contributed by atoms with Crippen molar-refractivity contribution in [3.8, 4) is 27.8 Å². The third-order valence-corrected chi connectivity index (χ3v) is 7.71. The summed E-state index contributed by atoms with van der Waals surface area (Å²) >= 11 is 7.28. The number of aliphatic hydroxyl groups excluding tert-OH is 4. The van der Waals surface area contributed by atoms with Crippen LogP contribution in [0.1, 0.15) is 22.9 Å². The van der Waals surface area contributed by atoms with Crippen molar-refractivity contribution in [2.45, 2.75) is 43.5 Å². The molecule has 170 valence electrons. The van der Waals surface area contributed by atoms with Gasteiger partial charge in [0.2, 0.25) is 0 Å². The molecule has 0 bridgehead atoms. The molecule has 3 heterocycles. The molecule has 0 unspecified atom stereocenters. The Morgan fingerprint density at radius 3 is 2.58 bits per heavy atom. The normalized spacial score (nSPS) is 26.3. The van der Waals surface area contributed by atoms with Gasteiger partial charge in [0.15, 0.2) is 6.23 Å². The quantitative estimate of drug-likeness (QED) is 0.424. The van der Waals surface area contributed by atoms with Gasteiger partial charge in [0.25, 0.3) is 0 Å². The SMILES string of the molecule is N#Cc1c2c(c(-c3cccs3)n([C@H]3O[C@@H](CO)[C@@H](O)[C@@H](O)[C@H]3O)c1=S)CCc1ccccc1-2. The van der Waals surface area contributed by atoms with Gasteiger partial charge in [0.05, 0.1) is 22.7 Å². The first-order valence-corrected chi connectivity index (χ1v) is 11.9. The van der Waals surface area contributed by atoms with Gasteiger partial charge in [-0.1, -0.05) is 42.5 Å². The first-order valence-electron chi connectivity index (χ1n) is 10.6. The maximum Gasteiger partial charge on any atom is 0.164 e. The number of hydrogen-bond donors (Lipinski definition) is 4. The van der Waals surface area contributed by atoms with E-state index < -0.39 is 37.3 Å². The van der Waals surface area contributed by atoms with Crippen molar-refractivity contribution in [2.75, 3.05) is 6.61 Å². The Labute approximate surface area is 199 Å². The van der Waals surface area contributed by atoms with Crippen molar-refractivity contribution in [1.82, 2.24) is 4.57 Å². The molecule has 1 saturated heterocycles. The third-order valence-electron chi connectivity index (χ3n) is 6.43. The molecule has 9 heteroatoms. The van der Waals surface area contributed by atoms with Crippen LogP contribution in [0.25, 0.3) is 21.7 Å². The van der Waals surface area contributed by atoms with Crippen LogP contribution in [0.2, 0.25) is 0 Å². The molecule has 0 saturated carbocycles. The number of nitrogens with zero attached hydrogens (tertiary/aromatic N) is 2. The molecule has 1 aliphatic carbocycles. The average molecular weight is 483 g/mol. The highest BCUT2D eigenvalue weighted by atomic mass is 32.1. The maximum atomic E-state index is 10.9. The minimum absolute atomic E-state index is 0.167. The molecule has 5 atom stereocenters. The van der Waals surface area contributed by atoms with E-state index in [1.54, 1.807) is 4.57 Å². The van der Waals surface area contributed by atoms with Gasteiger partial charge in [0.1, 0.15) is 35.1 Å². The van der Waals surface area contributed by atoms with Gasteiger partial charge >= 0.3 is 0 Å². The Hall–Kier alpha value is -2.42. The van der Waals surface area contributed by atoms with Gasteiger partial charge < -0.3 is 29.7 Å². The lowest BCUT2D eigenvalue weighted by Crippen LogP contribution is -2.56. The molecule has 7 nitrogen and oxygen atoms in total. The molecule has 5 rings (SSSR count). The Kier molecular flexibility index (Phi) is 5.93. The molecule has 2 aliphatic rings. The van der Waals surface area contributed by atoms with Gasteiger partial charge in [-0.15, -0.1) is 11.3 Å². The minimum atomic E-state index is -1.55. The highest BCUT2D eigenvalue weighted by molar-refractivity contribution is 7.71. The van der Waals surface area contributed by atoms with Crippen LogP contribution < -0.4 is 0 Å². The highest BCUT2D eigenvalue weighted by Gasteiger charge is 2.45. The molecule has 4 N–H and O–H groups in total. The van der Waals surface area contributed by atoms with E-state index in [0.29, 0.717) is 17.7 Å². The van der Waals surface area contributed by atoms with E-state index in [2.05, 4.69) is 6.07 Å². The van der Waals surface area contributed by atoms with E-state index in [1.807, 2.05) is 41.8 Å².